The monoisotopic (exact) mass is 170 g/mol. The van der Waals surface area contributed by atoms with Crippen molar-refractivity contribution in [1.29, 1.82) is 0 Å². The Hall–Kier alpha value is -0.340. The number of aliphatic hydroxyl groups excluding tert-OH is 1. The first-order chi connectivity index (χ1) is 5.93. The zero-order valence-electron chi connectivity index (χ0n) is 7.54. The molecule has 0 unspecified atom stereocenters. The number of allylic oxidation sites excluding steroid dienone is 2. The maximum absolute atomic E-state index is 8.58. The number of ether oxygens (including phenoxy) is 1. The Bertz CT molecular complexity index is 132. The fourth-order valence-electron chi connectivity index (χ4n) is 1.51. The van der Waals surface area contributed by atoms with Gasteiger partial charge in [0.2, 0.25) is 0 Å². The van der Waals surface area contributed by atoms with Crippen molar-refractivity contribution >= 4 is 0 Å². The van der Waals surface area contributed by atoms with Gasteiger partial charge in [0, 0.05) is 0 Å². The van der Waals surface area contributed by atoms with Crippen LogP contribution in [0.15, 0.2) is 12.2 Å². The van der Waals surface area contributed by atoms with E-state index in [1.165, 1.54) is 12.8 Å². The molecule has 0 spiro atoms. The van der Waals surface area contributed by atoms with Gasteiger partial charge in [-0.25, -0.2) is 0 Å². The van der Waals surface area contributed by atoms with Gasteiger partial charge in [0.1, 0.15) is 0 Å². The summed E-state index contributed by atoms with van der Waals surface area (Å²) in [6.45, 7) is 0.640. The van der Waals surface area contributed by atoms with E-state index < -0.39 is 0 Å². The molecule has 0 bridgehead atoms. The molecule has 0 aromatic heterocycles. The molecule has 2 heteroatoms. The summed E-state index contributed by atoms with van der Waals surface area (Å²) in [6.07, 6.45) is 10.6. The molecule has 1 aliphatic rings. The Balaban J connectivity index is 2.18. The molecule has 0 saturated heterocycles. The topological polar surface area (TPSA) is 29.5 Å². The van der Waals surface area contributed by atoms with E-state index in [0.717, 1.165) is 19.3 Å². The van der Waals surface area contributed by atoms with Crippen LogP contribution in [-0.2, 0) is 4.74 Å². The first-order valence-electron chi connectivity index (χ1n) is 4.81. The summed E-state index contributed by atoms with van der Waals surface area (Å²) >= 11 is 0. The predicted octanol–water partition coefficient (Wildman–Crippen LogP) is 1.88. The van der Waals surface area contributed by atoms with Gasteiger partial charge in [0.25, 0.3) is 0 Å². The number of hydrogen-bond donors (Lipinski definition) is 1. The quantitative estimate of drug-likeness (QED) is 0.655. The smallest absolute Gasteiger partial charge is 0.0701 e. The molecule has 0 heterocycles. The van der Waals surface area contributed by atoms with Gasteiger partial charge in [0.15, 0.2) is 0 Å². The van der Waals surface area contributed by atoms with E-state index in [4.69, 9.17) is 9.84 Å². The average Bonchev–Trinajstić information content (AvgIpc) is 2.02. The van der Waals surface area contributed by atoms with Crippen LogP contribution in [0.1, 0.15) is 32.1 Å². The number of aliphatic hydroxyl groups is 1. The molecule has 0 saturated carbocycles. The van der Waals surface area contributed by atoms with E-state index in [9.17, 15) is 0 Å². The predicted molar refractivity (Wildman–Crippen MR) is 49.1 cm³/mol. The van der Waals surface area contributed by atoms with Crippen molar-refractivity contribution in [3.63, 3.8) is 0 Å². The lowest BCUT2D eigenvalue weighted by molar-refractivity contribution is 0.0186. The van der Waals surface area contributed by atoms with Gasteiger partial charge in [-0.2, -0.15) is 0 Å². The van der Waals surface area contributed by atoms with Crippen molar-refractivity contribution in [2.75, 3.05) is 13.2 Å². The lowest BCUT2D eigenvalue weighted by Gasteiger charge is -2.17. The Morgan fingerprint density at radius 2 is 2.08 bits per heavy atom. The molecule has 0 radical (unpaired) electrons. The molecular formula is C10H18O2. The molecule has 0 aromatic carbocycles. The lowest BCUT2D eigenvalue weighted by Crippen LogP contribution is -2.15. The van der Waals surface area contributed by atoms with Crippen molar-refractivity contribution < 1.29 is 9.84 Å². The second kappa shape index (κ2) is 6.21. The standard InChI is InChI=1S/C10H18O2/c11-8-9-12-10-6-4-2-1-3-5-7-10/h1-2,10-11H,3-9H2/t10-/m1/s1. The van der Waals surface area contributed by atoms with E-state index >= 15 is 0 Å². The van der Waals surface area contributed by atoms with Crippen molar-refractivity contribution in [2.45, 2.75) is 38.2 Å². The molecule has 70 valence electrons. The fourth-order valence-corrected chi connectivity index (χ4v) is 1.51. The summed E-state index contributed by atoms with van der Waals surface area (Å²) in [6, 6.07) is 0. The molecule has 0 fully saturated rings. The van der Waals surface area contributed by atoms with Gasteiger partial charge in [-0.05, 0) is 32.1 Å². The maximum Gasteiger partial charge on any atom is 0.0701 e. The molecule has 1 atom stereocenters. The Morgan fingerprint density at radius 1 is 1.25 bits per heavy atom. The zero-order valence-corrected chi connectivity index (χ0v) is 7.54. The molecule has 1 aliphatic carbocycles. The van der Waals surface area contributed by atoms with Crippen LogP contribution in [0, 0.1) is 0 Å². The first kappa shape index (κ1) is 9.75. The van der Waals surface area contributed by atoms with Crippen LogP contribution >= 0.6 is 0 Å². The highest BCUT2D eigenvalue weighted by Gasteiger charge is 2.08. The van der Waals surface area contributed by atoms with E-state index in [1.807, 2.05) is 0 Å². The Kier molecular flexibility index (Phi) is 5.04. The van der Waals surface area contributed by atoms with Crippen molar-refractivity contribution in [3.05, 3.63) is 12.2 Å². The van der Waals surface area contributed by atoms with E-state index in [1.54, 1.807) is 0 Å². The summed E-state index contributed by atoms with van der Waals surface area (Å²) < 4.78 is 5.48. The van der Waals surface area contributed by atoms with Crippen molar-refractivity contribution in [3.8, 4) is 0 Å². The largest absolute Gasteiger partial charge is 0.394 e. The van der Waals surface area contributed by atoms with E-state index in [0.29, 0.717) is 12.7 Å². The molecule has 1 N–H and O–H groups in total. The average molecular weight is 170 g/mol. The van der Waals surface area contributed by atoms with Crippen LogP contribution in [0.3, 0.4) is 0 Å². The highest BCUT2D eigenvalue weighted by Crippen LogP contribution is 2.14. The van der Waals surface area contributed by atoms with E-state index in [2.05, 4.69) is 12.2 Å². The minimum Gasteiger partial charge on any atom is -0.394 e. The summed E-state index contributed by atoms with van der Waals surface area (Å²) in [4.78, 5) is 0. The summed E-state index contributed by atoms with van der Waals surface area (Å²) in [7, 11) is 0. The minimum atomic E-state index is 0.145. The summed E-state index contributed by atoms with van der Waals surface area (Å²) in [5, 5.41) is 8.58. The Morgan fingerprint density at radius 3 is 2.92 bits per heavy atom. The van der Waals surface area contributed by atoms with Crippen LogP contribution in [0.4, 0.5) is 0 Å². The zero-order chi connectivity index (χ0) is 8.65. The molecule has 0 aromatic rings. The van der Waals surface area contributed by atoms with E-state index in [-0.39, 0.29) is 6.61 Å². The summed E-state index contributed by atoms with van der Waals surface area (Å²) in [5.74, 6) is 0. The highest BCUT2D eigenvalue weighted by atomic mass is 16.5. The van der Waals surface area contributed by atoms with Crippen LogP contribution < -0.4 is 0 Å². The third-order valence-corrected chi connectivity index (χ3v) is 2.16. The van der Waals surface area contributed by atoms with Gasteiger partial charge in [-0.15, -0.1) is 0 Å². The second-order valence-electron chi connectivity index (χ2n) is 3.20. The van der Waals surface area contributed by atoms with Gasteiger partial charge >= 0.3 is 0 Å². The molecule has 0 aliphatic heterocycles. The van der Waals surface area contributed by atoms with Gasteiger partial charge < -0.3 is 9.84 Å². The Labute approximate surface area is 74.2 Å². The van der Waals surface area contributed by atoms with Crippen molar-refractivity contribution in [1.82, 2.24) is 0 Å². The molecule has 12 heavy (non-hydrogen) atoms. The van der Waals surface area contributed by atoms with Crippen molar-refractivity contribution in [2.24, 2.45) is 0 Å². The third kappa shape index (κ3) is 3.88. The van der Waals surface area contributed by atoms with Crippen LogP contribution in [0.25, 0.3) is 0 Å². The van der Waals surface area contributed by atoms with Crippen LogP contribution in [0.5, 0.6) is 0 Å². The SMILES string of the molecule is OCCO[C@@H]1CCC=CCCC1. The fraction of sp³-hybridized carbons (Fsp3) is 0.800. The summed E-state index contributed by atoms with van der Waals surface area (Å²) in [5.41, 5.74) is 0. The van der Waals surface area contributed by atoms with Crippen LogP contribution in [0.2, 0.25) is 0 Å². The third-order valence-electron chi connectivity index (χ3n) is 2.16. The second-order valence-corrected chi connectivity index (χ2v) is 3.20. The highest BCUT2D eigenvalue weighted by molar-refractivity contribution is 4.85. The van der Waals surface area contributed by atoms with Gasteiger partial charge in [0.05, 0.1) is 19.3 Å². The van der Waals surface area contributed by atoms with Gasteiger partial charge in [-0.1, -0.05) is 12.2 Å². The maximum atomic E-state index is 8.58. The first-order valence-corrected chi connectivity index (χ1v) is 4.81. The van der Waals surface area contributed by atoms with Crippen LogP contribution in [-0.4, -0.2) is 24.4 Å². The van der Waals surface area contributed by atoms with Gasteiger partial charge in [-0.3, -0.25) is 0 Å². The molecule has 1 rings (SSSR count). The normalized spacial score (nSPS) is 24.9. The molecular weight excluding hydrogens is 152 g/mol. The molecule has 0 amide bonds. The molecule has 2 nitrogen and oxygen atoms in total. The lowest BCUT2D eigenvalue weighted by atomic mass is 10.0. The minimum absolute atomic E-state index is 0.145. The number of hydrogen-bond acceptors (Lipinski definition) is 2. The number of rotatable bonds is 3.